The van der Waals surface area contributed by atoms with Crippen LogP contribution in [0, 0.1) is 19.9 Å². The molecule has 0 bridgehead atoms. The Labute approximate surface area is 517 Å². The molecule has 0 aliphatic rings. The average molecular weight is 1210 g/mol. The molecule has 12 aromatic rings. The molecule has 0 amide bonds. The summed E-state index contributed by atoms with van der Waals surface area (Å²) in [6.07, 6.45) is 0. The summed E-state index contributed by atoms with van der Waals surface area (Å²) in [5.74, 6) is 0. The monoisotopic (exact) mass is 1210 g/mol. The van der Waals surface area contributed by atoms with Crippen molar-refractivity contribution in [3.05, 3.63) is 363 Å². The molecule has 12 aromatic carbocycles. The van der Waals surface area contributed by atoms with Gasteiger partial charge in [-0.2, -0.15) is 35.9 Å². The molecule has 0 spiro atoms. The number of aryl methyl sites for hydroxylation is 2. The van der Waals surface area contributed by atoms with Gasteiger partial charge in [0.05, 0.1) is 0 Å². The summed E-state index contributed by atoms with van der Waals surface area (Å²) in [6.45, 7) is 9.81. The molecular weight excluding hydrogens is 1130 g/mol. The Morgan fingerprint density at radius 1 is 0.238 bits per heavy atom. The summed E-state index contributed by atoms with van der Waals surface area (Å²) in [5.41, 5.74) is 2.61. The van der Waals surface area contributed by atoms with Crippen molar-refractivity contribution >= 4 is 95.3 Å². The van der Waals surface area contributed by atoms with Gasteiger partial charge in [-0.3, -0.25) is 0 Å². The molecular formula is C78H73FeOP4-. The van der Waals surface area contributed by atoms with Gasteiger partial charge in [-0.1, -0.05) is 334 Å². The minimum absolute atomic E-state index is 0. The quantitative estimate of drug-likeness (QED) is 0.0599. The number of hydrogen-bond acceptors (Lipinski definition) is 1. The maximum atomic E-state index is 4.83. The molecule has 0 N–H and O–H groups in total. The van der Waals surface area contributed by atoms with E-state index in [-0.39, 0.29) is 17.1 Å². The Morgan fingerprint density at radius 3 is 0.536 bits per heavy atom. The summed E-state index contributed by atoms with van der Waals surface area (Å²) < 4.78 is 4.83. The fourth-order valence-corrected chi connectivity index (χ4v) is 19.8. The molecule has 12 rings (SSSR count). The van der Waals surface area contributed by atoms with Gasteiger partial charge in [-0.05, 0) is 116 Å². The third kappa shape index (κ3) is 19.5. The van der Waals surface area contributed by atoms with E-state index in [0.29, 0.717) is 0 Å². The first kappa shape index (κ1) is 64.4. The third-order valence-corrected chi connectivity index (χ3v) is 23.4. The van der Waals surface area contributed by atoms with E-state index in [1.807, 2.05) is 56.3 Å². The second-order valence-electron chi connectivity index (χ2n) is 19.0. The molecule has 6 heteroatoms. The largest absolute Gasteiger partial charge is 0.382 e. The van der Waals surface area contributed by atoms with Crippen LogP contribution in [0.4, 0.5) is 0 Å². The summed E-state index contributed by atoms with van der Waals surface area (Å²) in [6, 6.07) is 127. The fourth-order valence-electron chi connectivity index (χ4n) is 9.22. The second kappa shape index (κ2) is 36.5. The Kier molecular flexibility index (Phi) is 28.0. The van der Waals surface area contributed by atoms with Gasteiger partial charge < -0.3 is 4.74 Å². The zero-order valence-corrected chi connectivity index (χ0v) is 53.1. The van der Waals surface area contributed by atoms with Crippen LogP contribution in [0.1, 0.15) is 25.0 Å². The van der Waals surface area contributed by atoms with Crippen LogP contribution in [0.5, 0.6) is 0 Å². The topological polar surface area (TPSA) is 9.23 Å². The molecule has 0 radical (unpaired) electrons. The smallest absolute Gasteiger partial charge is 0.0437 e. The van der Waals surface area contributed by atoms with Gasteiger partial charge in [0.2, 0.25) is 0 Å². The second-order valence-corrected chi connectivity index (χ2v) is 27.8. The van der Waals surface area contributed by atoms with Crippen LogP contribution >= 0.6 is 31.7 Å². The summed E-state index contributed by atoms with van der Waals surface area (Å²) in [5, 5.41) is 16.9. The van der Waals surface area contributed by atoms with Crippen LogP contribution in [0.2, 0.25) is 0 Å². The average Bonchev–Trinajstić information content (AvgIpc) is 3.53. The van der Waals surface area contributed by atoms with Crippen LogP contribution in [0.3, 0.4) is 0 Å². The Bertz CT molecular complexity index is 3020. The third-order valence-electron chi connectivity index (χ3n) is 13.1. The van der Waals surface area contributed by atoms with Gasteiger partial charge in [0.25, 0.3) is 0 Å². The zero-order chi connectivity index (χ0) is 57.5. The Balaban J connectivity index is 0.000000182. The molecule has 84 heavy (non-hydrogen) atoms. The molecule has 0 aliphatic heterocycles. The van der Waals surface area contributed by atoms with E-state index < -0.39 is 31.7 Å². The first-order valence-electron chi connectivity index (χ1n) is 28.3. The first-order chi connectivity index (χ1) is 41.0. The van der Waals surface area contributed by atoms with Crippen LogP contribution in [0.25, 0.3) is 0 Å². The zero-order valence-electron chi connectivity index (χ0n) is 48.4. The molecule has 0 saturated heterocycles. The molecule has 0 atom stereocenters. The van der Waals surface area contributed by atoms with Crippen molar-refractivity contribution in [2.75, 3.05) is 13.2 Å². The van der Waals surface area contributed by atoms with Crippen molar-refractivity contribution in [3.8, 4) is 0 Å². The molecule has 0 unspecified atom stereocenters. The van der Waals surface area contributed by atoms with Crippen LogP contribution in [-0.4, -0.2) is 13.2 Å². The number of benzene rings is 12. The number of rotatable bonds is 14. The van der Waals surface area contributed by atoms with Crippen molar-refractivity contribution < 1.29 is 21.8 Å². The Morgan fingerprint density at radius 2 is 0.405 bits per heavy atom. The normalized spacial score (nSPS) is 10.4. The molecule has 0 heterocycles. The summed E-state index contributed by atoms with van der Waals surface area (Å²) in [4.78, 5) is 0. The number of ether oxygens (including phenoxy) is 1. The minimum atomic E-state index is -0.664. The van der Waals surface area contributed by atoms with E-state index in [1.54, 1.807) is 0 Å². The SMILES string of the molecule is CCOCC.Cc1cc[c-]cc1.Cc1ccccc1.[Fe].c1ccc(P(c2ccccc2)c2ccccc2P(c2ccccc2)c2ccccc2)cc1.c1ccc(P(c2ccccc2)c2ccccc2P(c2ccccc2)c2ccccc2)cc1. The van der Waals surface area contributed by atoms with Crippen LogP contribution < -0.4 is 63.7 Å². The van der Waals surface area contributed by atoms with Gasteiger partial charge in [0, 0.05) is 30.3 Å². The predicted molar refractivity (Wildman–Crippen MR) is 371 cm³/mol. The fraction of sp³-hybridized carbons (Fsp3) is 0.0769. The first-order valence-corrected chi connectivity index (χ1v) is 33.7. The standard InChI is InChI=1S/2C30H24P2.C7H8.C7H7.C4H10O.Fe/c2*1-5-15-25(16-6-1)31(26-17-7-2-8-18-26)29-23-13-14-24-30(29)32(27-19-9-3-10-20-27)28-21-11-4-12-22-28;2*1-7-5-3-2-4-6-7;1-3-5-4-2;/h2*1-24H;2-6H,1H3;3-6H,1H3;3-4H2,1-2H3;/q;;;-1;;. The van der Waals surface area contributed by atoms with Crippen molar-refractivity contribution in [2.45, 2.75) is 27.7 Å². The van der Waals surface area contributed by atoms with Crippen molar-refractivity contribution in [1.82, 2.24) is 0 Å². The Hall–Kier alpha value is -7.16. The molecule has 0 aromatic heterocycles. The van der Waals surface area contributed by atoms with Crippen LogP contribution in [-0.2, 0) is 21.8 Å². The van der Waals surface area contributed by atoms with Crippen LogP contribution in [0.15, 0.2) is 346 Å². The predicted octanol–water partition coefficient (Wildman–Crippen LogP) is 15.2. The molecule has 0 saturated carbocycles. The van der Waals surface area contributed by atoms with E-state index in [1.165, 1.54) is 74.8 Å². The summed E-state index contributed by atoms with van der Waals surface area (Å²) >= 11 is 0. The summed E-state index contributed by atoms with van der Waals surface area (Å²) in [7, 11) is -2.66. The molecule has 0 aliphatic carbocycles. The molecule has 0 fully saturated rings. The maximum absolute atomic E-state index is 4.83. The van der Waals surface area contributed by atoms with Gasteiger partial charge in [0.1, 0.15) is 0 Å². The molecule has 420 valence electrons. The number of hydrogen-bond donors (Lipinski definition) is 0. The van der Waals surface area contributed by atoms with Gasteiger partial charge >= 0.3 is 0 Å². The van der Waals surface area contributed by atoms with E-state index in [2.05, 4.69) is 323 Å². The van der Waals surface area contributed by atoms with Crippen molar-refractivity contribution in [1.29, 1.82) is 0 Å². The maximum Gasteiger partial charge on any atom is 0.0437 e. The van der Waals surface area contributed by atoms with Crippen molar-refractivity contribution in [3.63, 3.8) is 0 Å². The van der Waals surface area contributed by atoms with Crippen molar-refractivity contribution in [2.24, 2.45) is 0 Å². The van der Waals surface area contributed by atoms with E-state index >= 15 is 0 Å². The van der Waals surface area contributed by atoms with E-state index in [9.17, 15) is 0 Å². The van der Waals surface area contributed by atoms with Gasteiger partial charge in [-0.25, -0.2) is 0 Å². The van der Waals surface area contributed by atoms with Gasteiger partial charge in [-0.15, -0.1) is 0 Å². The van der Waals surface area contributed by atoms with E-state index in [0.717, 1.165) is 13.2 Å². The molecule has 1 nitrogen and oxygen atoms in total. The van der Waals surface area contributed by atoms with E-state index in [4.69, 9.17) is 4.74 Å². The minimum Gasteiger partial charge on any atom is -0.382 e. The van der Waals surface area contributed by atoms with Gasteiger partial charge in [0.15, 0.2) is 0 Å².